The molecule has 0 N–H and O–H groups in total. The van der Waals surface area contributed by atoms with Gasteiger partial charge < -0.3 is 9.80 Å². The summed E-state index contributed by atoms with van der Waals surface area (Å²) in [5.41, 5.74) is 9.12. The Bertz CT molecular complexity index is 2500. The van der Waals surface area contributed by atoms with Crippen LogP contribution in [0.3, 0.4) is 0 Å². The zero-order valence-electron chi connectivity index (χ0n) is 27.5. The summed E-state index contributed by atoms with van der Waals surface area (Å²) in [7, 11) is 0. The molecule has 9 aromatic carbocycles. The third-order valence-corrected chi connectivity index (χ3v) is 9.55. The predicted octanol–water partition coefficient (Wildman–Crippen LogP) is 13.8. The number of anilines is 6. The molecule has 2 nitrogen and oxygen atoms in total. The summed E-state index contributed by atoms with van der Waals surface area (Å²) in [6.07, 6.45) is 0. The fourth-order valence-corrected chi connectivity index (χ4v) is 7.29. The SMILES string of the molecule is c1ccc(N(c2ccccc2)c2c3ccccc3c(N(c3ccccc3)c3ccccc3)c3cc(-c4ccc5ccccc5c4)ccc23)cc1. The Kier molecular flexibility index (Phi) is 7.53. The van der Waals surface area contributed by atoms with Crippen molar-refractivity contribution < 1.29 is 0 Å². The van der Waals surface area contributed by atoms with Gasteiger partial charge in [-0.2, -0.15) is 0 Å². The van der Waals surface area contributed by atoms with Crippen LogP contribution in [-0.4, -0.2) is 0 Å². The van der Waals surface area contributed by atoms with Gasteiger partial charge in [0.25, 0.3) is 0 Å². The van der Waals surface area contributed by atoms with Crippen molar-refractivity contribution >= 4 is 66.4 Å². The Balaban J connectivity index is 1.43. The highest BCUT2D eigenvalue weighted by Gasteiger charge is 2.25. The topological polar surface area (TPSA) is 6.48 Å². The molecule has 0 saturated carbocycles. The zero-order valence-corrected chi connectivity index (χ0v) is 27.5. The smallest absolute Gasteiger partial charge is 0.0620 e. The monoisotopic (exact) mass is 638 g/mol. The summed E-state index contributed by atoms with van der Waals surface area (Å²) in [6.45, 7) is 0. The molecule has 9 aromatic rings. The summed E-state index contributed by atoms with van der Waals surface area (Å²) in [6, 6.07) is 74.2. The van der Waals surface area contributed by atoms with Crippen LogP contribution in [0.25, 0.3) is 43.4 Å². The molecule has 0 aliphatic rings. The Morgan fingerprint density at radius 1 is 0.240 bits per heavy atom. The fourth-order valence-electron chi connectivity index (χ4n) is 7.29. The van der Waals surface area contributed by atoms with Gasteiger partial charge in [0.1, 0.15) is 0 Å². The van der Waals surface area contributed by atoms with E-state index in [1.807, 2.05) is 0 Å². The molecule has 0 bridgehead atoms. The Labute approximate surface area is 292 Å². The molecule has 0 aliphatic heterocycles. The predicted molar refractivity (Wildman–Crippen MR) is 214 cm³/mol. The van der Waals surface area contributed by atoms with Gasteiger partial charge in [0.15, 0.2) is 0 Å². The minimum atomic E-state index is 1.11. The van der Waals surface area contributed by atoms with Crippen LogP contribution >= 0.6 is 0 Å². The van der Waals surface area contributed by atoms with E-state index >= 15 is 0 Å². The molecule has 236 valence electrons. The van der Waals surface area contributed by atoms with Gasteiger partial charge in [-0.1, -0.05) is 146 Å². The Morgan fingerprint density at radius 3 is 1.10 bits per heavy atom. The van der Waals surface area contributed by atoms with E-state index in [0.717, 1.165) is 34.1 Å². The van der Waals surface area contributed by atoms with E-state index in [-0.39, 0.29) is 0 Å². The first-order chi connectivity index (χ1) is 24.8. The van der Waals surface area contributed by atoms with E-state index in [2.05, 4.69) is 216 Å². The molecule has 0 spiro atoms. The number of fused-ring (bicyclic) bond motifs is 3. The van der Waals surface area contributed by atoms with Gasteiger partial charge in [-0.25, -0.2) is 0 Å². The van der Waals surface area contributed by atoms with Crippen LogP contribution in [0.1, 0.15) is 0 Å². The molecule has 0 saturated heterocycles. The van der Waals surface area contributed by atoms with Gasteiger partial charge in [-0.3, -0.25) is 0 Å². The minimum absolute atomic E-state index is 1.11. The molecule has 0 heterocycles. The number of para-hydroxylation sites is 4. The van der Waals surface area contributed by atoms with Gasteiger partial charge in [-0.15, -0.1) is 0 Å². The van der Waals surface area contributed by atoms with Crippen molar-refractivity contribution in [2.75, 3.05) is 9.80 Å². The third kappa shape index (κ3) is 5.24. The van der Waals surface area contributed by atoms with Crippen LogP contribution in [0.15, 0.2) is 206 Å². The van der Waals surface area contributed by atoms with Crippen LogP contribution in [-0.2, 0) is 0 Å². The first kappa shape index (κ1) is 29.5. The van der Waals surface area contributed by atoms with E-state index in [0.29, 0.717) is 0 Å². The van der Waals surface area contributed by atoms with Crippen LogP contribution < -0.4 is 9.80 Å². The number of benzene rings is 9. The molecule has 0 amide bonds. The average molecular weight is 639 g/mol. The van der Waals surface area contributed by atoms with Crippen LogP contribution in [0, 0.1) is 0 Å². The van der Waals surface area contributed by atoms with Gasteiger partial charge in [0, 0.05) is 44.3 Å². The summed E-state index contributed by atoms with van der Waals surface area (Å²) >= 11 is 0. The Hall–Kier alpha value is -6.64. The highest BCUT2D eigenvalue weighted by Crippen LogP contribution is 2.51. The van der Waals surface area contributed by atoms with Gasteiger partial charge in [0.2, 0.25) is 0 Å². The maximum atomic E-state index is 2.42. The Morgan fingerprint density at radius 2 is 0.600 bits per heavy atom. The van der Waals surface area contributed by atoms with Crippen molar-refractivity contribution in [3.63, 3.8) is 0 Å². The zero-order chi connectivity index (χ0) is 33.3. The lowest BCUT2D eigenvalue weighted by Gasteiger charge is -2.33. The van der Waals surface area contributed by atoms with Crippen LogP contribution in [0.2, 0.25) is 0 Å². The van der Waals surface area contributed by atoms with Crippen LogP contribution in [0.4, 0.5) is 34.1 Å². The summed E-state index contributed by atoms with van der Waals surface area (Å²) < 4.78 is 0. The summed E-state index contributed by atoms with van der Waals surface area (Å²) in [5.74, 6) is 0. The molecule has 9 rings (SSSR count). The third-order valence-electron chi connectivity index (χ3n) is 9.55. The second-order valence-corrected chi connectivity index (χ2v) is 12.6. The first-order valence-corrected chi connectivity index (χ1v) is 17.1. The second-order valence-electron chi connectivity index (χ2n) is 12.6. The van der Waals surface area contributed by atoms with Gasteiger partial charge in [-0.05, 0) is 82.6 Å². The maximum Gasteiger partial charge on any atom is 0.0620 e. The van der Waals surface area contributed by atoms with E-state index in [4.69, 9.17) is 0 Å². The lowest BCUT2D eigenvalue weighted by molar-refractivity contribution is 1.29. The lowest BCUT2D eigenvalue weighted by atomic mass is 9.92. The number of rotatable bonds is 7. The molecule has 0 radical (unpaired) electrons. The lowest BCUT2D eigenvalue weighted by Crippen LogP contribution is -2.14. The number of hydrogen-bond acceptors (Lipinski definition) is 2. The van der Waals surface area contributed by atoms with E-state index in [9.17, 15) is 0 Å². The minimum Gasteiger partial charge on any atom is -0.309 e. The van der Waals surface area contributed by atoms with E-state index < -0.39 is 0 Å². The molecule has 0 aromatic heterocycles. The molecule has 0 atom stereocenters. The van der Waals surface area contributed by atoms with Crippen molar-refractivity contribution in [1.82, 2.24) is 0 Å². The number of hydrogen-bond donors (Lipinski definition) is 0. The maximum absolute atomic E-state index is 2.42. The molecule has 2 heteroatoms. The molecule has 0 unspecified atom stereocenters. The first-order valence-electron chi connectivity index (χ1n) is 17.1. The summed E-state index contributed by atoms with van der Waals surface area (Å²) in [4.78, 5) is 4.84. The quantitative estimate of drug-likeness (QED) is 0.127. The van der Waals surface area contributed by atoms with E-state index in [1.165, 1.54) is 43.4 Å². The van der Waals surface area contributed by atoms with Crippen molar-refractivity contribution in [3.8, 4) is 11.1 Å². The van der Waals surface area contributed by atoms with Gasteiger partial charge >= 0.3 is 0 Å². The number of nitrogens with zero attached hydrogens (tertiary/aromatic N) is 2. The molecule has 0 aliphatic carbocycles. The van der Waals surface area contributed by atoms with Crippen molar-refractivity contribution in [2.45, 2.75) is 0 Å². The van der Waals surface area contributed by atoms with Crippen molar-refractivity contribution in [1.29, 1.82) is 0 Å². The molecular weight excluding hydrogens is 605 g/mol. The summed E-state index contributed by atoms with van der Waals surface area (Å²) in [5, 5.41) is 7.18. The van der Waals surface area contributed by atoms with Crippen LogP contribution in [0.5, 0.6) is 0 Å². The van der Waals surface area contributed by atoms with Gasteiger partial charge in [0.05, 0.1) is 11.4 Å². The molecule has 50 heavy (non-hydrogen) atoms. The van der Waals surface area contributed by atoms with E-state index in [1.54, 1.807) is 0 Å². The molecule has 0 fully saturated rings. The molecular formula is C48H34N2. The van der Waals surface area contributed by atoms with Crippen molar-refractivity contribution in [2.24, 2.45) is 0 Å². The largest absolute Gasteiger partial charge is 0.309 e. The highest BCUT2D eigenvalue weighted by atomic mass is 15.2. The highest BCUT2D eigenvalue weighted by molar-refractivity contribution is 6.23. The standard InChI is InChI=1S/C48H34N2/c1-5-19-39(20-6-1)49(40-21-7-2-8-22-40)47-43-27-15-16-28-44(43)48(50(41-23-9-3-10-24-41)42-25-11-4-12-26-42)46-34-38(31-32-45(46)47)37-30-29-35-17-13-14-18-36(35)33-37/h1-34H. The normalized spacial score (nSPS) is 11.2. The fraction of sp³-hybridized carbons (Fsp3) is 0. The second kappa shape index (κ2) is 12.8. The average Bonchev–Trinajstić information content (AvgIpc) is 3.20. The van der Waals surface area contributed by atoms with Crippen molar-refractivity contribution in [3.05, 3.63) is 206 Å².